The van der Waals surface area contributed by atoms with E-state index in [9.17, 15) is 9.59 Å². The molecule has 0 heterocycles. The number of carboxylic acids is 1. The molecule has 1 unspecified atom stereocenters. The highest BCUT2D eigenvalue weighted by atomic mass is 16.5. The van der Waals surface area contributed by atoms with Crippen molar-refractivity contribution in [2.75, 3.05) is 13.2 Å². The van der Waals surface area contributed by atoms with Crippen molar-refractivity contribution >= 4 is 11.9 Å². The summed E-state index contributed by atoms with van der Waals surface area (Å²) in [6, 6.07) is -0.794. The van der Waals surface area contributed by atoms with Crippen molar-refractivity contribution in [3.63, 3.8) is 0 Å². The zero-order valence-electron chi connectivity index (χ0n) is 9.28. The molecule has 0 rings (SSSR count). The number of rotatable bonds is 8. The van der Waals surface area contributed by atoms with Gasteiger partial charge in [-0.1, -0.05) is 19.8 Å². The Morgan fingerprint density at radius 3 is 2.53 bits per heavy atom. The molecule has 0 aliphatic carbocycles. The Balaban J connectivity index is 3.93. The third kappa shape index (κ3) is 6.90. The molecular weight excluding hydrogens is 198 g/mol. The van der Waals surface area contributed by atoms with Gasteiger partial charge in [0.1, 0.15) is 12.6 Å². The Morgan fingerprint density at radius 2 is 2.07 bits per heavy atom. The van der Waals surface area contributed by atoms with Crippen molar-refractivity contribution in [1.29, 1.82) is 0 Å². The molecule has 2 N–H and O–H groups in total. The highest BCUT2D eigenvalue weighted by Gasteiger charge is 2.18. The lowest BCUT2D eigenvalue weighted by Gasteiger charge is -2.13. The van der Waals surface area contributed by atoms with E-state index in [4.69, 9.17) is 9.84 Å². The first kappa shape index (κ1) is 13.9. The van der Waals surface area contributed by atoms with Gasteiger partial charge in [0, 0.05) is 6.61 Å². The molecule has 0 aromatic carbocycles. The monoisotopic (exact) mass is 217 g/mol. The largest absolute Gasteiger partial charge is 0.480 e. The van der Waals surface area contributed by atoms with Crippen LogP contribution in [-0.2, 0) is 14.3 Å². The molecule has 5 heteroatoms. The van der Waals surface area contributed by atoms with Crippen LogP contribution in [0.15, 0.2) is 0 Å². The maximum atomic E-state index is 11.2. The molecular formula is C10H19NO4. The van der Waals surface area contributed by atoms with Gasteiger partial charge in [0.15, 0.2) is 0 Å². The summed E-state index contributed by atoms with van der Waals surface area (Å²) in [5, 5.41) is 11.2. The average Bonchev–Trinajstić information content (AvgIpc) is 2.20. The molecule has 0 spiro atoms. The fourth-order valence-corrected chi connectivity index (χ4v) is 1.10. The number of carbonyl (C=O) groups excluding carboxylic acids is 1. The first-order valence-corrected chi connectivity index (χ1v) is 5.21. The van der Waals surface area contributed by atoms with Crippen LogP contribution in [0, 0.1) is 0 Å². The number of ether oxygens (including phenoxy) is 1. The van der Waals surface area contributed by atoms with Crippen LogP contribution in [0.1, 0.15) is 33.1 Å². The summed E-state index contributed by atoms with van der Waals surface area (Å²) in [6.07, 6.45) is 2.15. The molecule has 0 aliphatic heterocycles. The number of nitrogens with one attached hydrogen (secondary N) is 1. The minimum Gasteiger partial charge on any atom is -0.480 e. The third-order valence-electron chi connectivity index (χ3n) is 1.92. The van der Waals surface area contributed by atoms with Crippen molar-refractivity contribution in [1.82, 2.24) is 5.32 Å². The first-order valence-electron chi connectivity index (χ1n) is 5.21. The number of hydrogen-bond donors (Lipinski definition) is 2. The van der Waals surface area contributed by atoms with Gasteiger partial charge in [-0.05, 0) is 13.3 Å². The predicted molar refractivity (Wildman–Crippen MR) is 55.6 cm³/mol. The smallest absolute Gasteiger partial charge is 0.326 e. The van der Waals surface area contributed by atoms with Crippen LogP contribution in [0.5, 0.6) is 0 Å². The summed E-state index contributed by atoms with van der Waals surface area (Å²) in [4.78, 5) is 21.9. The van der Waals surface area contributed by atoms with Gasteiger partial charge in [0.05, 0.1) is 0 Å². The molecule has 0 radical (unpaired) electrons. The second kappa shape index (κ2) is 8.23. The molecule has 88 valence electrons. The van der Waals surface area contributed by atoms with Gasteiger partial charge < -0.3 is 15.2 Å². The van der Waals surface area contributed by atoms with Crippen LogP contribution < -0.4 is 5.32 Å². The van der Waals surface area contributed by atoms with Crippen molar-refractivity contribution in [3.8, 4) is 0 Å². The van der Waals surface area contributed by atoms with Crippen LogP contribution in [0.2, 0.25) is 0 Å². The Bertz CT molecular complexity index is 206. The molecule has 15 heavy (non-hydrogen) atoms. The predicted octanol–water partition coefficient (Wildman–Crippen LogP) is 0.782. The lowest BCUT2D eigenvalue weighted by atomic mass is 10.1. The number of hydrogen-bond acceptors (Lipinski definition) is 3. The summed E-state index contributed by atoms with van der Waals surface area (Å²) in [5.74, 6) is -1.37. The fourth-order valence-electron chi connectivity index (χ4n) is 1.10. The van der Waals surface area contributed by atoms with Crippen molar-refractivity contribution in [2.45, 2.75) is 39.2 Å². The van der Waals surface area contributed by atoms with Gasteiger partial charge in [0.2, 0.25) is 5.91 Å². The van der Waals surface area contributed by atoms with Crippen LogP contribution in [0.4, 0.5) is 0 Å². The average molecular weight is 217 g/mol. The molecule has 5 nitrogen and oxygen atoms in total. The Labute approximate surface area is 89.8 Å². The van der Waals surface area contributed by atoms with E-state index in [2.05, 4.69) is 5.32 Å². The Kier molecular flexibility index (Phi) is 7.62. The number of carbonyl (C=O) groups is 2. The molecule has 0 saturated heterocycles. The lowest BCUT2D eigenvalue weighted by molar-refractivity contribution is -0.142. The van der Waals surface area contributed by atoms with E-state index < -0.39 is 12.0 Å². The van der Waals surface area contributed by atoms with Crippen molar-refractivity contribution in [3.05, 3.63) is 0 Å². The molecule has 0 aromatic heterocycles. The Hall–Kier alpha value is -1.10. The molecule has 1 amide bonds. The standard InChI is InChI=1S/C10H19NO4/c1-3-5-6-8(10(13)14)11-9(12)7-15-4-2/h8H,3-7H2,1-2H3,(H,11,12)(H,13,14). The maximum absolute atomic E-state index is 11.2. The van der Waals surface area contributed by atoms with Gasteiger partial charge in [-0.2, -0.15) is 0 Å². The van der Waals surface area contributed by atoms with Crippen molar-refractivity contribution < 1.29 is 19.4 Å². The van der Waals surface area contributed by atoms with Crippen LogP contribution in [0.3, 0.4) is 0 Å². The van der Waals surface area contributed by atoms with Crippen LogP contribution >= 0.6 is 0 Å². The summed E-state index contributed by atoms with van der Waals surface area (Å²) >= 11 is 0. The van der Waals surface area contributed by atoms with E-state index in [-0.39, 0.29) is 12.5 Å². The quantitative estimate of drug-likeness (QED) is 0.630. The van der Waals surface area contributed by atoms with Crippen molar-refractivity contribution in [2.24, 2.45) is 0 Å². The van der Waals surface area contributed by atoms with E-state index >= 15 is 0 Å². The highest BCUT2D eigenvalue weighted by molar-refractivity contribution is 5.84. The Morgan fingerprint density at radius 1 is 1.40 bits per heavy atom. The molecule has 0 bridgehead atoms. The summed E-state index contributed by atoms with van der Waals surface area (Å²) in [5.41, 5.74) is 0. The third-order valence-corrected chi connectivity index (χ3v) is 1.92. The summed E-state index contributed by atoms with van der Waals surface area (Å²) in [6.45, 7) is 4.12. The SMILES string of the molecule is CCCCC(NC(=O)COCC)C(=O)O. The first-order chi connectivity index (χ1) is 7.11. The van der Waals surface area contributed by atoms with E-state index in [0.29, 0.717) is 13.0 Å². The van der Waals surface area contributed by atoms with Crippen LogP contribution in [0.25, 0.3) is 0 Å². The number of unbranched alkanes of at least 4 members (excludes halogenated alkanes) is 1. The van der Waals surface area contributed by atoms with Gasteiger partial charge in [-0.15, -0.1) is 0 Å². The van der Waals surface area contributed by atoms with E-state index in [1.165, 1.54) is 0 Å². The highest BCUT2D eigenvalue weighted by Crippen LogP contribution is 2.00. The molecule has 1 atom stereocenters. The van der Waals surface area contributed by atoms with E-state index in [1.54, 1.807) is 6.92 Å². The topological polar surface area (TPSA) is 75.6 Å². The van der Waals surface area contributed by atoms with E-state index in [1.807, 2.05) is 6.92 Å². The second-order valence-corrected chi connectivity index (χ2v) is 3.24. The summed E-state index contributed by atoms with van der Waals surface area (Å²) < 4.78 is 4.88. The number of aliphatic carboxylic acids is 1. The number of amides is 1. The van der Waals surface area contributed by atoms with E-state index in [0.717, 1.165) is 12.8 Å². The minimum atomic E-state index is -0.992. The number of carboxylic acid groups (broad SMARTS) is 1. The molecule has 0 aliphatic rings. The van der Waals surface area contributed by atoms with Gasteiger partial charge in [-0.3, -0.25) is 4.79 Å². The fraction of sp³-hybridized carbons (Fsp3) is 0.800. The zero-order chi connectivity index (χ0) is 11.7. The van der Waals surface area contributed by atoms with Gasteiger partial charge >= 0.3 is 5.97 Å². The lowest BCUT2D eigenvalue weighted by Crippen LogP contribution is -2.42. The molecule has 0 saturated carbocycles. The van der Waals surface area contributed by atoms with Crippen LogP contribution in [-0.4, -0.2) is 36.2 Å². The zero-order valence-corrected chi connectivity index (χ0v) is 9.28. The molecule has 0 aromatic rings. The van der Waals surface area contributed by atoms with Gasteiger partial charge in [-0.25, -0.2) is 4.79 Å². The molecule has 0 fully saturated rings. The summed E-state index contributed by atoms with van der Waals surface area (Å²) in [7, 11) is 0. The van der Waals surface area contributed by atoms with Gasteiger partial charge in [0.25, 0.3) is 0 Å². The normalized spacial score (nSPS) is 12.1. The maximum Gasteiger partial charge on any atom is 0.326 e. The second-order valence-electron chi connectivity index (χ2n) is 3.24. The minimum absolute atomic E-state index is 0.0770.